The molecule has 1 saturated carbocycles. The summed E-state index contributed by atoms with van der Waals surface area (Å²) in [5.74, 6) is 1.52. The molecule has 1 nitrogen and oxygen atoms in total. The SMILES string of the molecule is CCC1CCC(N(C)c2ccc(Br)cc2CCl)CC1. The predicted molar refractivity (Wildman–Crippen MR) is 88.1 cm³/mol. The highest BCUT2D eigenvalue weighted by Crippen LogP contribution is 2.33. The van der Waals surface area contributed by atoms with Gasteiger partial charge in [0.15, 0.2) is 0 Å². The van der Waals surface area contributed by atoms with Gasteiger partial charge in [-0.1, -0.05) is 29.3 Å². The fourth-order valence-electron chi connectivity index (χ4n) is 3.14. The van der Waals surface area contributed by atoms with Gasteiger partial charge in [-0.2, -0.15) is 0 Å². The second kappa shape index (κ2) is 6.99. The Balaban J connectivity index is 2.09. The van der Waals surface area contributed by atoms with Crippen LogP contribution < -0.4 is 4.90 Å². The first-order valence-electron chi connectivity index (χ1n) is 7.23. The van der Waals surface area contributed by atoms with E-state index in [0.717, 1.165) is 10.4 Å². The summed E-state index contributed by atoms with van der Waals surface area (Å²) in [6.45, 7) is 2.31. The van der Waals surface area contributed by atoms with Crippen molar-refractivity contribution < 1.29 is 0 Å². The fourth-order valence-corrected chi connectivity index (χ4v) is 3.76. The lowest BCUT2D eigenvalue weighted by atomic mass is 9.84. The number of hydrogen-bond donors (Lipinski definition) is 0. The smallest absolute Gasteiger partial charge is 0.0494 e. The third-order valence-electron chi connectivity index (χ3n) is 4.51. The topological polar surface area (TPSA) is 3.24 Å². The highest BCUT2D eigenvalue weighted by Gasteiger charge is 2.24. The summed E-state index contributed by atoms with van der Waals surface area (Å²) in [7, 11) is 2.22. The molecule has 3 heteroatoms. The average molecular weight is 345 g/mol. The molecule has 1 aliphatic rings. The van der Waals surface area contributed by atoms with Crippen molar-refractivity contribution in [1.29, 1.82) is 0 Å². The number of nitrogens with zero attached hydrogens (tertiary/aromatic N) is 1. The zero-order valence-electron chi connectivity index (χ0n) is 11.8. The molecule has 1 aliphatic carbocycles. The normalized spacial score (nSPS) is 23.4. The summed E-state index contributed by atoms with van der Waals surface area (Å²) < 4.78 is 1.11. The molecule has 0 bridgehead atoms. The molecule has 0 radical (unpaired) electrons. The molecule has 0 spiro atoms. The van der Waals surface area contributed by atoms with Gasteiger partial charge in [0.25, 0.3) is 0 Å². The molecule has 0 amide bonds. The number of alkyl halides is 1. The van der Waals surface area contributed by atoms with Crippen LogP contribution in [0.3, 0.4) is 0 Å². The van der Waals surface area contributed by atoms with E-state index in [-0.39, 0.29) is 0 Å². The lowest BCUT2D eigenvalue weighted by Gasteiger charge is -2.36. The molecule has 0 aromatic heterocycles. The molecular formula is C16H23BrClN. The molecule has 1 aromatic rings. The lowest BCUT2D eigenvalue weighted by Crippen LogP contribution is -2.35. The number of anilines is 1. The van der Waals surface area contributed by atoms with Gasteiger partial charge in [-0.25, -0.2) is 0 Å². The minimum absolute atomic E-state index is 0.573. The Labute approximate surface area is 130 Å². The monoisotopic (exact) mass is 343 g/mol. The second-order valence-corrected chi connectivity index (χ2v) is 6.78. The Morgan fingerprint density at radius 2 is 1.95 bits per heavy atom. The van der Waals surface area contributed by atoms with Crippen molar-refractivity contribution in [3.63, 3.8) is 0 Å². The van der Waals surface area contributed by atoms with Gasteiger partial charge < -0.3 is 4.90 Å². The summed E-state index contributed by atoms with van der Waals surface area (Å²) in [5.41, 5.74) is 2.51. The summed E-state index contributed by atoms with van der Waals surface area (Å²) in [6.07, 6.45) is 6.71. The molecular weight excluding hydrogens is 322 g/mol. The Morgan fingerprint density at radius 1 is 1.26 bits per heavy atom. The minimum atomic E-state index is 0.573. The molecule has 2 rings (SSSR count). The average Bonchev–Trinajstić information content (AvgIpc) is 2.46. The van der Waals surface area contributed by atoms with E-state index in [2.05, 4.69) is 53.0 Å². The number of halogens is 2. The van der Waals surface area contributed by atoms with Crippen LogP contribution in [-0.4, -0.2) is 13.1 Å². The molecule has 0 aliphatic heterocycles. The van der Waals surface area contributed by atoms with Gasteiger partial charge in [-0.15, -0.1) is 11.6 Å². The van der Waals surface area contributed by atoms with Crippen LogP contribution in [0.5, 0.6) is 0 Å². The van der Waals surface area contributed by atoms with Gasteiger partial charge >= 0.3 is 0 Å². The van der Waals surface area contributed by atoms with Crippen molar-refractivity contribution in [1.82, 2.24) is 0 Å². The van der Waals surface area contributed by atoms with Crippen molar-refractivity contribution in [2.75, 3.05) is 11.9 Å². The third-order valence-corrected chi connectivity index (χ3v) is 5.29. The van der Waals surface area contributed by atoms with E-state index in [9.17, 15) is 0 Å². The Morgan fingerprint density at radius 3 is 2.53 bits per heavy atom. The van der Waals surface area contributed by atoms with Gasteiger partial charge in [0.1, 0.15) is 0 Å². The fraction of sp³-hybridized carbons (Fsp3) is 0.625. The molecule has 0 heterocycles. The van der Waals surface area contributed by atoms with Crippen LogP contribution in [0.25, 0.3) is 0 Å². The Hall–Kier alpha value is -0.210. The van der Waals surface area contributed by atoms with Crippen molar-refractivity contribution in [2.45, 2.75) is 50.9 Å². The van der Waals surface area contributed by atoms with E-state index in [1.807, 2.05) is 0 Å². The van der Waals surface area contributed by atoms with Crippen molar-refractivity contribution in [3.05, 3.63) is 28.2 Å². The number of benzene rings is 1. The van der Waals surface area contributed by atoms with Crippen LogP contribution in [0.4, 0.5) is 5.69 Å². The first-order chi connectivity index (χ1) is 9.15. The first kappa shape index (κ1) is 15.2. The van der Waals surface area contributed by atoms with Gasteiger partial charge in [-0.05, 0) is 55.4 Å². The second-order valence-electron chi connectivity index (χ2n) is 5.60. The molecule has 0 atom stereocenters. The molecule has 0 N–H and O–H groups in total. The van der Waals surface area contributed by atoms with E-state index in [0.29, 0.717) is 11.9 Å². The van der Waals surface area contributed by atoms with E-state index in [1.54, 1.807) is 0 Å². The summed E-state index contributed by atoms with van der Waals surface area (Å²) in [4.78, 5) is 2.44. The predicted octanol–water partition coefficient (Wildman–Crippen LogP) is 5.59. The summed E-state index contributed by atoms with van der Waals surface area (Å²) in [6, 6.07) is 7.11. The van der Waals surface area contributed by atoms with Crippen molar-refractivity contribution in [2.24, 2.45) is 5.92 Å². The van der Waals surface area contributed by atoms with Crippen LogP contribution >= 0.6 is 27.5 Å². The van der Waals surface area contributed by atoms with E-state index < -0.39 is 0 Å². The van der Waals surface area contributed by atoms with Gasteiger partial charge in [0.05, 0.1) is 0 Å². The van der Waals surface area contributed by atoms with E-state index in [1.165, 1.54) is 43.4 Å². The highest BCUT2D eigenvalue weighted by molar-refractivity contribution is 9.10. The zero-order valence-corrected chi connectivity index (χ0v) is 14.2. The van der Waals surface area contributed by atoms with Crippen LogP contribution in [0.2, 0.25) is 0 Å². The molecule has 1 aromatic carbocycles. The van der Waals surface area contributed by atoms with Crippen LogP contribution in [-0.2, 0) is 5.88 Å². The van der Waals surface area contributed by atoms with Crippen molar-refractivity contribution >= 4 is 33.2 Å². The third kappa shape index (κ3) is 3.66. The van der Waals surface area contributed by atoms with Crippen LogP contribution in [0, 0.1) is 5.92 Å². The maximum absolute atomic E-state index is 6.09. The maximum atomic E-state index is 6.09. The maximum Gasteiger partial charge on any atom is 0.0494 e. The van der Waals surface area contributed by atoms with Crippen molar-refractivity contribution in [3.8, 4) is 0 Å². The highest BCUT2D eigenvalue weighted by atomic mass is 79.9. The quantitative estimate of drug-likeness (QED) is 0.643. The number of hydrogen-bond acceptors (Lipinski definition) is 1. The molecule has 0 unspecified atom stereocenters. The van der Waals surface area contributed by atoms with E-state index in [4.69, 9.17) is 11.6 Å². The lowest BCUT2D eigenvalue weighted by molar-refractivity contribution is 0.313. The molecule has 106 valence electrons. The molecule has 19 heavy (non-hydrogen) atoms. The largest absolute Gasteiger partial charge is 0.371 e. The van der Waals surface area contributed by atoms with Gasteiger partial charge in [0, 0.05) is 29.1 Å². The first-order valence-corrected chi connectivity index (χ1v) is 8.55. The van der Waals surface area contributed by atoms with E-state index >= 15 is 0 Å². The Kier molecular flexibility index (Phi) is 5.58. The van der Waals surface area contributed by atoms with Crippen LogP contribution in [0.1, 0.15) is 44.6 Å². The summed E-state index contributed by atoms with van der Waals surface area (Å²) >= 11 is 9.61. The Bertz CT molecular complexity index is 413. The zero-order chi connectivity index (χ0) is 13.8. The summed E-state index contributed by atoms with van der Waals surface area (Å²) in [5, 5.41) is 0. The van der Waals surface area contributed by atoms with Crippen LogP contribution in [0.15, 0.2) is 22.7 Å². The standard InChI is InChI=1S/C16H23BrClN/c1-3-12-4-7-15(8-5-12)19(2)16-9-6-14(17)10-13(16)11-18/h6,9-10,12,15H,3-5,7-8,11H2,1-2H3. The van der Waals surface area contributed by atoms with Gasteiger partial charge in [0.2, 0.25) is 0 Å². The molecule has 1 fully saturated rings. The number of rotatable bonds is 4. The van der Waals surface area contributed by atoms with Gasteiger partial charge in [-0.3, -0.25) is 0 Å². The minimum Gasteiger partial charge on any atom is -0.371 e. The molecule has 0 saturated heterocycles.